The minimum atomic E-state index is -2.34. The van der Waals surface area contributed by atoms with E-state index in [4.69, 9.17) is 13.3 Å². The molecule has 0 spiro atoms. The standard InChI is InChI=1S/C32H68O3SSi/c1-33-37(34-2,35-3)32-30-28-26-24-22-20-18-16-14-12-10-8-6-4-5-7-9-11-13-15-17-19-21-23-25-27-29-31-36/h36H,4-32H2,1-3H3. The normalized spacial score (nSPS) is 12.0. The molecule has 0 saturated carbocycles. The van der Waals surface area contributed by atoms with Crippen LogP contribution in [-0.4, -0.2) is 35.9 Å². The molecule has 0 N–H and O–H groups in total. The summed E-state index contributed by atoms with van der Waals surface area (Å²) >= 11 is 4.28. The molecule has 0 heterocycles. The van der Waals surface area contributed by atoms with Gasteiger partial charge in [-0.1, -0.05) is 161 Å². The van der Waals surface area contributed by atoms with E-state index in [0.717, 1.165) is 18.2 Å². The third kappa shape index (κ3) is 26.4. The fourth-order valence-electron chi connectivity index (χ4n) is 5.43. The summed E-state index contributed by atoms with van der Waals surface area (Å²) in [5, 5.41) is 0. The maximum atomic E-state index is 5.49. The molecular weight excluding hydrogens is 493 g/mol. The molecule has 0 rings (SSSR count). The highest BCUT2D eigenvalue weighted by Gasteiger charge is 2.36. The van der Waals surface area contributed by atoms with Crippen molar-refractivity contribution in [2.24, 2.45) is 0 Å². The molecule has 37 heavy (non-hydrogen) atoms. The first kappa shape index (κ1) is 37.4. The predicted octanol–water partition coefficient (Wildman–Crippen LogP) is 11.3. The molecule has 0 radical (unpaired) electrons. The van der Waals surface area contributed by atoms with Crippen molar-refractivity contribution in [2.45, 2.75) is 179 Å². The Kier molecular flexibility index (Phi) is 31.4. The first-order valence-corrected chi connectivity index (χ1v) is 19.1. The second-order valence-corrected chi connectivity index (χ2v) is 14.9. The van der Waals surface area contributed by atoms with E-state index in [-0.39, 0.29) is 0 Å². The second-order valence-electron chi connectivity index (χ2n) is 11.3. The number of hydrogen-bond acceptors (Lipinski definition) is 4. The summed E-state index contributed by atoms with van der Waals surface area (Å²) in [5.41, 5.74) is 0. The van der Waals surface area contributed by atoms with Crippen molar-refractivity contribution in [3.8, 4) is 0 Å². The minimum Gasteiger partial charge on any atom is -0.377 e. The van der Waals surface area contributed by atoms with Crippen LogP contribution in [0.1, 0.15) is 173 Å². The average molecular weight is 561 g/mol. The quantitative estimate of drug-likeness (QED) is 0.0503. The molecule has 0 aliphatic carbocycles. The minimum absolute atomic E-state index is 0.939. The van der Waals surface area contributed by atoms with Gasteiger partial charge in [-0.15, -0.1) is 0 Å². The van der Waals surface area contributed by atoms with E-state index in [1.165, 1.54) is 167 Å². The van der Waals surface area contributed by atoms with Gasteiger partial charge in [0.1, 0.15) is 0 Å². The van der Waals surface area contributed by atoms with E-state index in [1.807, 2.05) is 0 Å². The molecule has 0 aromatic carbocycles. The van der Waals surface area contributed by atoms with Crippen LogP contribution in [0.2, 0.25) is 6.04 Å². The van der Waals surface area contributed by atoms with Crippen molar-refractivity contribution in [1.29, 1.82) is 0 Å². The maximum absolute atomic E-state index is 5.49. The van der Waals surface area contributed by atoms with Crippen molar-refractivity contribution in [2.75, 3.05) is 27.1 Å². The first-order valence-electron chi connectivity index (χ1n) is 16.5. The monoisotopic (exact) mass is 560 g/mol. The summed E-state index contributed by atoms with van der Waals surface area (Å²) in [4.78, 5) is 0. The highest BCUT2D eigenvalue weighted by molar-refractivity contribution is 7.80. The SMILES string of the molecule is CO[Si](CCCCCCCCCCCCCCCCCCCCCCCCCCCCCS)(OC)OC. The highest BCUT2D eigenvalue weighted by Crippen LogP contribution is 2.19. The molecule has 5 heteroatoms. The van der Waals surface area contributed by atoms with Gasteiger partial charge in [0.15, 0.2) is 0 Å². The van der Waals surface area contributed by atoms with Gasteiger partial charge in [-0.2, -0.15) is 12.6 Å². The largest absolute Gasteiger partial charge is 0.500 e. The van der Waals surface area contributed by atoms with Crippen LogP contribution in [0.4, 0.5) is 0 Å². The molecule has 0 amide bonds. The Hall–Kier alpha value is 0.447. The Balaban J connectivity index is 3.13. The van der Waals surface area contributed by atoms with Gasteiger partial charge < -0.3 is 13.3 Å². The molecule has 0 aromatic heterocycles. The molecule has 0 aliphatic heterocycles. The smallest absolute Gasteiger partial charge is 0.377 e. The predicted molar refractivity (Wildman–Crippen MR) is 170 cm³/mol. The summed E-state index contributed by atoms with van der Waals surface area (Å²) < 4.78 is 16.5. The molecule has 0 unspecified atom stereocenters. The number of hydrogen-bond donors (Lipinski definition) is 1. The Bertz CT molecular complexity index is 413. The summed E-state index contributed by atoms with van der Waals surface area (Å²) in [5.74, 6) is 1.06. The lowest BCUT2D eigenvalue weighted by molar-refractivity contribution is 0.122. The zero-order chi connectivity index (χ0) is 27.1. The van der Waals surface area contributed by atoms with E-state index in [0.29, 0.717) is 0 Å². The first-order chi connectivity index (χ1) is 18.2. The highest BCUT2D eigenvalue weighted by atomic mass is 32.1. The average Bonchev–Trinajstić information content (AvgIpc) is 2.92. The van der Waals surface area contributed by atoms with Crippen LogP contribution in [0.3, 0.4) is 0 Å². The van der Waals surface area contributed by atoms with Gasteiger partial charge in [0.2, 0.25) is 0 Å². The fourth-order valence-corrected chi connectivity index (χ4v) is 7.45. The van der Waals surface area contributed by atoms with Crippen molar-refractivity contribution in [3.05, 3.63) is 0 Å². The molecule has 0 aromatic rings. The van der Waals surface area contributed by atoms with Crippen LogP contribution in [0, 0.1) is 0 Å². The van der Waals surface area contributed by atoms with Crippen LogP contribution in [-0.2, 0) is 13.3 Å². The summed E-state index contributed by atoms with van der Waals surface area (Å²) in [6.07, 6.45) is 38.4. The molecule has 0 fully saturated rings. The van der Waals surface area contributed by atoms with Crippen LogP contribution in [0.5, 0.6) is 0 Å². The lowest BCUT2D eigenvalue weighted by atomic mass is 10.0. The van der Waals surface area contributed by atoms with Gasteiger partial charge in [-0.3, -0.25) is 0 Å². The van der Waals surface area contributed by atoms with Crippen LogP contribution in [0.15, 0.2) is 0 Å². The van der Waals surface area contributed by atoms with E-state index in [2.05, 4.69) is 12.6 Å². The van der Waals surface area contributed by atoms with Gasteiger partial charge >= 0.3 is 8.80 Å². The summed E-state index contributed by atoms with van der Waals surface area (Å²) in [6.45, 7) is 0. The number of thiol groups is 1. The molecule has 0 saturated heterocycles. The van der Waals surface area contributed by atoms with Crippen molar-refractivity contribution in [3.63, 3.8) is 0 Å². The van der Waals surface area contributed by atoms with Crippen LogP contribution in [0.25, 0.3) is 0 Å². The van der Waals surface area contributed by atoms with Gasteiger partial charge in [0.25, 0.3) is 0 Å². The Morgan fingerprint density at radius 1 is 0.324 bits per heavy atom. The zero-order valence-corrected chi connectivity index (χ0v) is 27.6. The Labute approximate surface area is 240 Å². The van der Waals surface area contributed by atoms with E-state index in [9.17, 15) is 0 Å². The third-order valence-electron chi connectivity index (χ3n) is 8.07. The molecular formula is C32H68O3SSi. The number of rotatable bonds is 32. The third-order valence-corrected chi connectivity index (χ3v) is 11.2. The fraction of sp³-hybridized carbons (Fsp3) is 1.00. The van der Waals surface area contributed by atoms with E-state index >= 15 is 0 Å². The van der Waals surface area contributed by atoms with Crippen LogP contribution < -0.4 is 0 Å². The van der Waals surface area contributed by atoms with E-state index < -0.39 is 8.80 Å². The summed E-state index contributed by atoms with van der Waals surface area (Å²) in [6, 6.07) is 0.939. The number of unbranched alkanes of at least 4 members (excludes halogenated alkanes) is 26. The molecule has 0 aliphatic rings. The molecule has 3 nitrogen and oxygen atoms in total. The topological polar surface area (TPSA) is 27.7 Å². The molecule has 0 atom stereocenters. The maximum Gasteiger partial charge on any atom is 0.500 e. The van der Waals surface area contributed by atoms with Crippen molar-refractivity contribution >= 4 is 21.4 Å². The molecule has 0 bridgehead atoms. The van der Waals surface area contributed by atoms with Crippen LogP contribution >= 0.6 is 12.6 Å². The lowest BCUT2D eigenvalue weighted by Crippen LogP contribution is -2.42. The lowest BCUT2D eigenvalue weighted by Gasteiger charge is -2.24. The van der Waals surface area contributed by atoms with Crippen molar-refractivity contribution < 1.29 is 13.3 Å². The Morgan fingerprint density at radius 3 is 0.703 bits per heavy atom. The van der Waals surface area contributed by atoms with E-state index in [1.54, 1.807) is 21.3 Å². The summed E-state index contributed by atoms with van der Waals surface area (Å²) in [7, 11) is 2.78. The van der Waals surface area contributed by atoms with Gasteiger partial charge in [-0.05, 0) is 18.6 Å². The van der Waals surface area contributed by atoms with Gasteiger partial charge in [-0.25, -0.2) is 0 Å². The van der Waals surface area contributed by atoms with Gasteiger partial charge in [0.05, 0.1) is 0 Å². The Morgan fingerprint density at radius 2 is 0.514 bits per heavy atom. The van der Waals surface area contributed by atoms with Gasteiger partial charge in [0, 0.05) is 27.4 Å². The molecule has 224 valence electrons. The zero-order valence-electron chi connectivity index (χ0n) is 25.7. The second kappa shape index (κ2) is 31.0. The van der Waals surface area contributed by atoms with Crippen molar-refractivity contribution in [1.82, 2.24) is 0 Å².